The topological polar surface area (TPSA) is 79.2 Å². The van der Waals surface area contributed by atoms with E-state index < -0.39 is 6.04 Å². The Balaban J connectivity index is 2.31. The molecule has 0 aromatic heterocycles. The van der Waals surface area contributed by atoms with Gasteiger partial charge in [0.25, 0.3) is 0 Å². The summed E-state index contributed by atoms with van der Waals surface area (Å²) < 4.78 is 5.55. The number of benzene rings is 1. The molecule has 0 saturated carbocycles. The number of rotatable bonds is 9. The van der Waals surface area contributed by atoms with Crippen LogP contribution in [0.1, 0.15) is 50.4 Å². The largest absolute Gasteiger partial charge is 0.494 e. The monoisotopic (exact) mass is 316 g/mol. The molecule has 1 N–H and O–H groups in total. The summed E-state index contributed by atoms with van der Waals surface area (Å²) in [6.07, 6.45) is 1.51. The first-order chi connectivity index (χ1) is 10.9. The van der Waals surface area contributed by atoms with Gasteiger partial charge in [0.15, 0.2) is 5.78 Å². The van der Waals surface area contributed by atoms with Crippen LogP contribution in [0.3, 0.4) is 0 Å². The fraction of sp³-hybridized carbons (Fsp3) is 0.500. The van der Waals surface area contributed by atoms with E-state index in [1.165, 1.54) is 6.92 Å². The van der Waals surface area contributed by atoms with Gasteiger partial charge >= 0.3 is 0 Å². The van der Waals surface area contributed by atoms with E-state index in [2.05, 4.69) is 11.4 Å². The minimum absolute atomic E-state index is 0.0116. The highest BCUT2D eigenvalue weighted by Crippen LogP contribution is 2.14. The molecule has 1 aromatic carbocycles. The second kappa shape index (κ2) is 9.62. The minimum atomic E-state index is -0.435. The second-order valence-corrected chi connectivity index (χ2v) is 5.91. The van der Waals surface area contributed by atoms with Crippen LogP contribution in [-0.4, -0.2) is 24.3 Å². The zero-order chi connectivity index (χ0) is 17.2. The maximum Gasteiger partial charge on any atom is 0.221 e. The minimum Gasteiger partial charge on any atom is -0.494 e. The van der Waals surface area contributed by atoms with Crippen molar-refractivity contribution in [2.45, 2.75) is 46.1 Å². The molecule has 0 aliphatic heterocycles. The highest BCUT2D eigenvalue weighted by Gasteiger charge is 2.12. The predicted octanol–water partition coefficient (Wildman–Crippen LogP) is 3.10. The van der Waals surface area contributed by atoms with Gasteiger partial charge in [-0.25, -0.2) is 0 Å². The molecule has 0 unspecified atom stereocenters. The third-order valence-electron chi connectivity index (χ3n) is 3.26. The molecule has 0 bridgehead atoms. The summed E-state index contributed by atoms with van der Waals surface area (Å²) in [5, 5.41) is 11.7. The summed E-state index contributed by atoms with van der Waals surface area (Å²) in [5.74, 6) is 0.825. The summed E-state index contributed by atoms with van der Waals surface area (Å²) in [6.45, 7) is 5.92. The third-order valence-corrected chi connectivity index (χ3v) is 3.26. The fourth-order valence-corrected chi connectivity index (χ4v) is 2.11. The number of nitrogens with one attached hydrogen (secondary N) is 1. The van der Waals surface area contributed by atoms with E-state index in [0.29, 0.717) is 43.1 Å². The number of Topliss-reactive ketones (excluding diaryl/α,β-unsaturated/α-hetero) is 1. The SMILES string of the molecule is CC(=O)c1cccc(OCCCC(=O)N[C@@H](C#N)CC(C)C)c1. The molecule has 0 fully saturated rings. The quantitative estimate of drug-likeness (QED) is 0.561. The van der Waals surface area contributed by atoms with E-state index in [4.69, 9.17) is 10.00 Å². The highest BCUT2D eigenvalue weighted by molar-refractivity contribution is 5.94. The van der Waals surface area contributed by atoms with E-state index in [9.17, 15) is 9.59 Å². The van der Waals surface area contributed by atoms with Gasteiger partial charge in [0.1, 0.15) is 11.8 Å². The van der Waals surface area contributed by atoms with Gasteiger partial charge in [-0.3, -0.25) is 9.59 Å². The van der Waals surface area contributed by atoms with Gasteiger partial charge in [0.05, 0.1) is 12.7 Å². The smallest absolute Gasteiger partial charge is 0.221 e. The number of ketones is 1. The lowest BCUT2D eigenvalue weighted by atomic mass is 10.0. The lowest BCUT2D eigenvalue weighted by Crippen LogP contribution is -2.34. The van der Waals surface area contributed by atoms with Crippen molar-refractivity contribution in [1.29, 1.82) is 5.26 Å². The van der Waals surface area contributed by atoms with Crippen molar-refractivity contribution in [2.24, 2.45) is 5.92 Å². The maximum atomic E-state index is 11.8. The van der Waals surface area contributed by atoms with E-state index in [1.807, 2.05) is 13.8 Å². The van der Waals surface area contributed by atoms with Crippen molar-refractivity contribution in [3.05, 3.63) is 29.8 Å². The summed E-state index contributed by atoms with van der Waals surface area (Å²) in [6, 6.07) is 8.64. The Morgan fingerprint density at radius 3 is 2.70 bits per heavy atom. The number of nitriles is 1. The molecular formula is C18H24N2O3. The van der Waals surface area contributed by atoms with Crippen molar-refractivity contribution in [3.63, 3.8) is 0 Å². The molecule has 5 heteroatoms. The molecule has 1 rings (SSSR count). The van der Waals surface area contributed by atoms with Crippen LogP contribution in [0.2, 0.25) is 0 Å². The molecule has 5 nitrogen and oxygen atoms in total. The molecule has 0 aliphatic rings. The van der Waals surface area contributed by atoms with Gasteiger partial charge in [-0.1, -0.05) is 26.0 Å². The number of nitrogens with zero attached hydrogens (tertiary/aromatic N) is 1. The third kappa shape index (κ3) is 7.46. The molecule has 0 radical (unpaired) electrons. The summed E-state index contributed by atoms with van der Waals surface area (Å²) in [7, 11) is 0. The molecule has 23 heavy (non-hydrogen) atoms. The van der Waals surface area contributed by atoms with Crippen LogP contribution in [0.25, 0.3) is 0 Å². The average molecular weight is 316 g/mol. The Hall–Kier alpha value is -2.35. The van der Waals surface area contributed by atoms with Crippen molar-refractivity contribution < 1.29 is 14.3 Å². The fourth-order valence-electron chi connectivity index (χ4n) is 2.11. The number of hydrogen-bond donors (Lipinski definition) is 1. The average Bonchev–Trinajstić information content (AvgIpc) is 2.50. The van der Waals surface area contributed by atoms with Crippen LogP contribution in [-0.2, 0) is 4.79 Å². The van der Waals surface area contributed by atoms with Gasteiger partial charge in [-0.2, -0.15) is 5.26 Å². The Morgan fingerprint density at radius 2 is 2.09 bits per heavy atom. The lowest BCUT2D eigenvalue weighted by Gasteiger charge is -2.13. The maximum absolute atomic E-state index is 11.8. The molecular weight excluding hydrogens is 292 g/mol. The van der Waals surface area contributed by atoms with Crippen LogP contribution in [0.15, 0.2) is 24.3 Å². The number of carbonyl (C=O) groups is 2. The van der Waals surface area contributed by atoms with Crippen molar-refractivity contribution in [3.8, 4) is 11.8 Å². The van der Waals surface area contributed by atoms with Gasteiger partial charge in [-0.15, -0.1) is 0 Å². The van der Waals surface area contributed by atoms with Gasteiger partial charge < -0.3 is 10.1 Å². The molecule has 0 spiro atoms. The normalized spacial score (nSPS) is 11.6. The Kier molecular flexibility index (Phi) is 7.82. The highest BCUT2D eigenvalue weighted by atomic mass is 16.5. The van der Waals surface area contributed by atoms with Crippen LogP contribution in [0.5, 0.6) is 5.75 Å². The summed E-state index contributed by atoms with van der Waals surface area (Å²) in [5.41, 5.74) is 0.603. The summed E-state index contributed by atoms with van der Waals surface area (Å²) in [4.78, 5) is 23.1. The first-order valence-electron chi connectivity index (χ1n) is 7.85. The van der Waals surface area contributed by atoms with Crippen molar-refractivity contribution in [2.75, 3.05) is 6.61 Å². The van der Waals surface area contributed by atoms with Gasteiger partial charge in [0, 0.05) is 12.0 Å². The first-order valence-corrected chi connectivity index (χ1v) is 7.85. The number of hydrogen-bond acceptors (Lipinski definition) is 4. The lowest BCUT2D eigenvalue weighted by molar-refractivity contribution is -0.121. The van der Waals surface area contributed by atoms with Crippen molar-refractivity contribution >= 4 is 11.7 Å². The molecule has 0 aliphatic carbocycles. The standard InChI is InChI=1S/C18H24N2O3/c1-13(2)10-16(12-19)20-18(22)8-5-9-23-17-7-4-6-15(11-17)14(3)21/h4,6-7,11,13,16H,5,8-10H2,1-3H3,(H,20,22)/t16-/m1/s1. The molecule has 0 heterocycles. The van der Waals surface area contributed by atoms with Crippen LogP contribution >= 0.6 is 0 Å². The summed E-state index contributed by atoms with van der Waals surface area (Å²) >= 11 is 0. The Morgan fingerprint density at radius 1 is 1.35 bits per heavy atom. The first kappa shape index (κ1) is 18.7. The Bertz CT molecular complexity index is 576. The molecule has 1 atom stereocenters. The van der Waals surface area contributed by atoms with Crippen LogP contribution < -0.4 is 10.1 Å². The van der Waals surface area contributed by atoms with Crippen LogP contribution in [0.4, 0.5) is 0 Å². The molecule has 124 valence electrons. The molecule has 1 amide bonds. The van der Waals surface area contributed by atoms with Crippen LogP contribution in [0, 0.1) is 17.2 Å². The van der Waals surface area contributed by atoms with E-state index in [-0.39, 0.29) is 11.7 Å². The number of carbonyl (C=O) groups excluding carboxylic acids is 2. The predicted molar refractivity (Wildman–Crippen MR) is 88.2 cm³/mol. The number of ether oxygens (including phenoxy) is 1. The molecule has 1 aromatic rings. The van der Waals surface area contributed by atoms with E-state index >= 15 is 0 Å². The Labute approximate surface area is 137 Å². The van der Waals surface area contributed by atoms with Crippen molar-refractivity contribution in [1.82, 2.24) is 5.32 Å². The zero-order valence-electron chi connectivity index (χ0n) is 14.0. The van der Waals surface area contributed by atoms with Gasteiger partial charge in [-0.05, 0) is 37.8 Å². The van der Waals surface area contributed by atoms with E-state index in [0.717, 1.165) is 0 Å². The number of amides is 1. The zero-order valence-corrected chi connectivity index (χ0v) is 14.0. The molecule has 0 saturated heterocycles. The van der Waals surface area contributed by atoms with Gasteiger partial charge in [0.2, 0.25) is 5.91 Å². The van der Waals surface area contributed by atoms with E-state index in [1.54, 1.807) is 24.3 Å². The second-order valence-electron chi connectivity index (χ2n) is 5.91.